The zero-order valence-corrected chi connectivity index (χ0v) is 11.7. The first-order chi connectivity index (χ1) is 9.72. The average Bonchev–Trinajstić information content (AvgIpc) is 2.82. The monoisotopic (exact) mass is 274 g/mol. The second kappa shape index (κ2) is 5.94. The Morgan fingerprint density at radius 1 is 1.30 bits per heavy atom. The number of piperidine rings is 1. The molecule has 2 saturated heterocycles. The second-order valence-electron chi connectivity index (χ2n) is 6.00. The molecule has 0 saturated carbocycles. The molecule has 0 aliphatic carbocycles. The van der Waals surface area contributed by atoms with Crippen LogP contribution < -0.4 is 5.32 Å². The molecule has 2 unspecified atom stereocenters. The highest BCUT2D eigenvalue weighted by atomic mass is 16.4. The van der Waals surface area contributed by atoms with Gasteiger partial charge in [0.05, 0.1) is 6.42 Å². The molecule has 0 radical (unpaired) electrons. The molecule has 1 aromatic carbocycles. The van der Waals surface area contributed by atoms with Crippen molar-refractivity contribution in [3.05, 3.63) is 35.4 Å². The summed E-state index contributed by atoms with van der Waals surface area (Å²) in [7, 11) is 0. The van der Waals surface area contributed by atoms with Crippen LogP contribution in [0.1, 0.15) is 24.0 Å². The molecule has 1 aromatic rings. The molecule has 0 amide bonds. The van der Waals surface area contributed by atoms with Gasteiger partial charge in [-0.15, -0.1) is 0 Å². The van der Waals surface area contributed by atoms with Crippen molar-refractivity contribution in [2.45, 2.75) is 31.8 Å². The van der Waals surface area contributed by atoms with Crippen LogP contribution >= 0.6 is 0 Å². The molecule has 4 nitrogen and oxygen atoms in total. The van der Waals surface area contributed by atoms with Crippen molar-refractivity contribution in [2.75, 3.05) is 19.6 Å². The Hall–Kier alpha value is -1.39. The van der Waals surface area contributed by atoms with Gasteiger partial charge >= 0.3 is 5.97 Å². The van der Waals surface area contributed by atoms with Gasteiger partial charge in [0, 0.05) is 25.7 Å². The normalized spacial score (nSPS) is 26.4. The van der Waals surface area contributed by atoms with Crippen molar-refractivity contribution >= 4 is 5.97 Å². The maximum atomic E-state index is 10.9. The predicted octanol–water partition coefficient (Wildman–Crippen LogP) is 1.50. The predicted molar refractivity (Wildman–Crippen MR) is 77.6 cm³/mol. The van der Waals surface area contributed by atoms with Crippen LogP contribution in [0, 0.1) is 5.92 Å². The molecule has 0 bridgehead atoms. The molecule has 0 aromatic heterocycles. The van der Waals surface area contributed by atoms with E-state index in [1.807, 2.05) is 18.2 Å². The average molecular weight is 274 g/mol. The third-order valence-electron chi connectivity index (χ3n) is 4.53. The zero-order valence-electron chi connectivity index (χ0n) is 11.7. The Morgan fingerprint density at radius 2 is 2.10 bits per heavy atom. The Kier molecular flexibility index (Phi) is 4.03. The van der Waals surface area contributed by atoms with Crippen molar-refractivity contribution in [1.82, 2.24) is 10.2 Å². The number of hydrogen-bond donors (Lipinski definition) is 2. The molecule has 0 spiro atoms. The number of carboxylic acids is 1. The number of carboxylic acid groups (broad SMARTS) is 1. The highest BCUT2D eigenvalue weighted by Gasteiger charge is 2.34. The van der Waals surface area contributed by atoms with Crippen LogP contribution in [0.5, 0.6) is 0 Å². The van der Waals surface area contributed by atoms with Gasteiger partial charge < -0.3 is 10.4 Å². The molecule has 2 heterocycles. The molecular weight excluding hydrogens is 252 g/mol. The smallest absolute Gasteiger partial charge is 0.307 e. The van der Waals surface area contributed by atoms with Crippen LogP contribution in [0.2, 0.25) is 0 Å². The summed E-state index contributed by atoms with van der Waals surface area (Å²) < 4.78 is 0. The summed E-state index contributed by atoms with van der Waals surface area (Å²) in [5.41, 5.74) is 2.11. The lowest BCUT2D eigenvalue weighted by molar-refractivity contribution is -0.136. The molecule has 2 aliphatic heterocycles. The van der Waals surface area contributed by atoms with Crippen LogP contribution in [0.25, 0.3) is 0 Å². The summed E-state index contributed by atoms with van der Waals surface area (Å²) in [5.74, 6) is 0.0181. The minimum absolute atomic E-state index is 0.120. The fourth-order valence-corrected chi connectivity index (χ4v) is 3.55. The molecule has 2 N–H and O–H groups in total. The lowest BCUT2D eigenvalue weighted by Gasteiger charge is -2.24. The van der Waals surface area contributed by atoms with Gasteiger partial charge in [-0.3, -0.25) is 9.69 Å². The third kappa shape index (κ3) is 3.02. The Morgan fingerprint density at radius 3 is 2.85 bits per heavy atom. The summed E-state index contributed by atoms with van der Waals surface area (Å²) >= 11 is 0. The van der Waals surface area contributed by atoms with Crippen molar-refractivity contribution in [2.24, 2.45) is 5.92 Å². The van der Waals surface area contributed by atoms with Gasteiger partial charge in [0.2, 0.25) is 0 Å². The zero-order chi connectivity index (χ0) is 13.9. The van der Waals surface area contributed by atoms with Gasteiger partial charge in [-0.25, -0.2) is 0 Å². The number of nitrogens with one attached hydrogen (secondary N) is 1. The molecule has 20 heavy (non-hydrogen) atoms. The van der Waals surface area contributed by atoms with E-state index >= 15 is 0 Å². The highest BCUT2D eigenvalue weighted by Crippen LogP contribution is 2.26. The lowest BCUT2D eigenvalue weighted by atomic mass is 9.94. The fourth-order valence-electron chi connectivity index (χ4n) is 3.55. The lowest BCUT2D eigenvalue weighted by Crippen LogP contribution is -2.40. The topological polar surface area (TPSA) is 52.6 Å². The summed E-state index contributed by atoms with van der Waals surface area (Å²) in [6, 6.07) is 8.56. The minimum Gasteiger partial charge on any atom is -0.481 e. The molecule has 4 heteroatoms. The van der Waals surface area contributed by atoms with Crippen molar-refractivity contribution in [1.29, 1.82) is 0 Å². The number of fused-ring (bicyclic) bond motifs is 1. The van der Waals surface area contributed by atoms with E-state index in [-0.39, 0.29) is 6.42 Å². The maximum absolute atomic E-state index is 10.9. The summed E-state index contributed by atoms with van der Waals surface area (Å²) in [5, 5.41) is 12.6. The standard InChI is InChI=1S/C16H22N2O2/c19-16(20)8-12-4-1-2-5-13(12)9-18-10-14-6-3-7-17-15(14)11-18/h1-2,4-5,14-15,17H,3,6-11H2,(H,19,20). The number of benzene rings is 1. The first-order valence-corrected chi connectivity index (χ1v) is 7.46. The number of rotatable bonds is 4. The summed E-state index contributed by atoms with van der Waals surface area (Å²) in [6.45, 7) is 4.24. The van der Waals surface area contributed by atoms with Gasteiger partial charge in [-0.1, -0.05) is 24.3 Å². The van der Waals surface area contributed by atoms with Gasteiger partial charge in [0.1, 0.15) is 0 Å². The summed E-state index contributed by atoms with van der Waals surface area (Å²) in [4.78, 5) is 13.4. The van der Waals surface area contributed by atoms with Gasteiger partial charge in [0.25, 0.3) is 0 Å². The number of carbonyl (C=O) groups is 1. The molecule has 108 valence electrons. The molecule has 2 fully saturated rings. The van der Waals surface area contributed by atoms with E-state index < -0.39 is 5.97 Å². The van der Waals surface area contributed by atoms with Crippen LogP contribution in [0.3, 0.4) is 0 Å². The van der Waals surface area contributed by atoms with Crippen LogP contribution in [-0.4, -0.2) is 41.7 Å². The first-order valence-electron chi connectivity index (χ1n) is 7.46. The van der Waals surface area contributed by atoms with Gasteiger partial charge in [0.15, 0.2) is 0 Å². The Balaban J connectivity index is 1.67. The Labute approximate surface area is 119 Å². The van der Waals surface area contributed by atoms with E-state index in [1.54, 1.807) is 0 Å². The first kappa shape index (κ1) is 13.6. The SMILES string of the molecule is O=C(O)Cc1ccccc1CN1CC2CCCNC2C1. The van der Waals surface area contributed by atoms with Crippen LogP contribution in [0.4, 0.5) is 0 Å². The number of hydrogen-bond acceptors (Lipinski definition) is 3. The number of likely N-dealkylation sites (tertiary alicyclic amines) is 1. The van der Waals surface area contributed by atoms with E-state index in [0.717, 1.165) is 43.2 Å². The third-order valence-corrected chi connectivity index (χ3v) is 4.53. The van der Waals surface area contributed by atoms with Gasteiger partial charge in [-0.2, -0.15) is 0 Å². The van der Waals surface area contributed by atoms with Crippen molar-refractivity contribution < 1.29 is 9.90 Å². The Bertz CT molecular complexity index is 475. The van der Waals surface area contributed by atoms with E-state index in [0.29, 0.717) is 6.04 Å². The quantitative estimate of drug-likeness (QED) is 0.873. The fraction of sp³-hybridized carbons (Fsp3) is 0.562. The minimum atomic E-state index is -0.755. The van der Waals surface area contributed by atoms with Crippen molar-refractivity contribution in [3.8, 4) is 0 Å². The van der Waals surface area contributed by atoms with Crippen LogP contribution in [-0.2, 0) is 17.8 Å². The van der Waals surface area contributed by atoms with E-state index in [1.165, 1.54) is 12.8 Å². The van der Waals surface area contributed by atoms with E-state index in [2.05, 4.69) is 16.3 Å². The van der Waals surface area contributed by atoms with Crippen molar-refractivity contribution in [3.63, 3.8) is 0 Å². The molecular formula is C16H22N2O2. The maximum Gasteiger partial charge on any atom is 0.307 e. The number of aliphatic carboxylic acids is 1. The highest BCUT2D eigenvalue weighted by molar-refractivity contribution is 5.70. The summed E-state index contributed by atoms with van der Waals surface area (Å²) in [6.07, 6.45) is 2.73. The largest absolute Gasteiger partial charge is 0.481 e. The molecule has 3 rings (SSSR count). The van der Waals surface area contributed by atoms with E-state index in [4.69, 9.17) is 5.11 Å². The van der Waals surface area contributed by atoms with E-state index in [9.17, 15) is 4.79 Å². The molecule has 2 atom stereocenters. The number of nitrogens with zero attached hydrogens (tertiary/aromatic N) is 1. The van der Waals surface area contributed by atoms with Gasteiger partial charge in [-0.05, 0) is 36.4 Å². The molecule has 2 aliphatic rings. The second-order valence-corrected chi connectivity index (χ2v) is 6.00. The van der Waals surface area contributed by atoms with Crippen LogP contribution in [0.15, 0.2) is 24.3 Å².